The Morgan fingerprint density at radius 3 is 3.00 bits per heavy atom. The molecule has 0 aromatic carbocycles. The summed E-state index contributed by atoms with van der Waals surface area (Å²) >= 11 is 1.33. The van der Waals surface area contributed by atoms with Crippen molar-refractivity contribution in [2.45, 2.75) is 25.0 Å². The number of hydrogen-bond acceptors (Lipinski definition) is 6. The summed E-state index contributed by atoms with van der Waals surface area (Å²) in [7, 11) is 1.69. The summed E-state index contributed by atoms with van der Waals surface area (Å²) in [6.07, 6.45) is 1.92. The fourth-order valence-corrected chi connectivity index (χ4v) is 2.79. The summed E-state index contributed by atoms with van der Waals surface area (Å²) in [6, 6.07) is 5.65. The van der Waals surface area contributed by atoms with Crippen molar-refractivity contribution in [1.29, 1.82) is 5.26 Å². The molecule has 0 radical (unpaired) electrons. The van der Waals surface area contributed by atoms with E-state index < -0.39 is 0 Å². The Balaban J connectivity index is 2.02. The van der Waals surface area contributed by atoms with Crippen LogP contribution in [0.25, 0.3) is 11.6 Å². The number of nitrogens with zero attached hydrogens (tertiary/aromatic N) is 5. The van der Waals surface area contributed by atoms with Crippen LogP contribution in [0.3, 0.4) is 0 Å². The van der Waals surface area contributed by atoms with Crippen LogP contribution in [0.5, 0.6) is 0 Å². The van der Waals surface area contributed by atoms with E-state index in [-0.39, 0.29) is 11.7 Å². The Morgan fingerprint density at radius 2 is 2.36 bits per heavy atom. The fraction of sp³-hybridized carbons (Fsp3) is 0.429. The monoisotopic (exact) mass is 319 g/mol. The molecule has 0 saturated heterocycles. The molecule has 0 aliphatic rings. The lowest BCUT2D eigenvalue weighted by molar-refractivity contribution is -0.127. The molecule has 1 amide bonds. The van der Waals surface area contributed by atoms with Gasteiger partial charge >= 0.3 is 0 Å². The average Bonchev–Trinajstić information content (AvgIpc) is 3.18. The molecule has 0 atom stereocenters. The van der Waals surface area contributed by atoms with Crippen molar-refractivity contribution < 1.29 is 9.21 Å². The van der Waals surface area contributed by atoms with Crippen molar-refractivity contribution in [2.75, 3.05) is 19.3 Å². The molecule has 116 valence electrons. The predicted octanol–water partition coefficient (Wildman–Crippen LogP) is 2.02. The Labute approximate surface area is 132 Å². The highest BCUT2D eigenvalue weighted by atomic mass is 32.2. The number of carbonyl (C=O) groups is 1. The Morgan fingerprint density at radius 1 is 1.55 bits per heavy atom. The van der Waals surface area contributed by atoms with Gasteiger partial charge in [-0.2, -0.15) is 5.26 Å². The molecular weight excluding hydrogens is 302 g/mol. The van der Waals surface area contributed by atoms with E-state index in [0.717, 1.165) is 0 Å². The fourth-order valence-electron chi connectivity index (χ4n) is 1.85. The van der Waals surface area contributed by atoms with Gasteiger partial charge in [0.1, 0.15) is 0 Å². The maximum absolute atomic E-state index is 12.0. The summed E-state index contributed by atoms with van der Waals surface area (Å²) in [5, 5.41) is 17.5. The standard InChI is InChI=1S/C14H17N5O2S/c1-3-19-13(11-6-4-9-21-11)16-17-14(19)22-10-12(20)18(2)8-5-7-15/h4,6,9H,3,5,8,10H2,1-2H3. The zero-order valence-corrected chi connectivity index (χ0v) is 13.3. The van der Waals surface area contributed by atoms with E-state index in [2.05, 4.69) is 10.2 Å². The minimum atomic E-state index is -0.0366. The number of amides is 1. The van der Waals surface area contributed by atoms with Gasteiger partial charge < -0.3 is 9.32 Å². The third kappa shape index (κ3) is 3.68. The number of nitriles is 1. The molecule has 0 aliphatic carbocycles. The Hall–Kier alpha value is -2.27. The van der Waals surface area contributed by atoms with Gasteiger partial charge in [-0.05, 0) is 19.1 Å². The lowest BCUT2D eigenvalue weighted by Crippen LogP contribution is -2.29. The topological polar surface area (TPSA) is 88.0 Å². The van der Waals surface area contributed by atoms with E-state index >= 15 is 0 Å². The average molecular weight is 319 g/mol. The van der Waals surface area contributed by atoms with E-state index in [1.807, 2.05) is 23.6 Å². The smallest absolute Gasteiger partial charge is 0.232 e. The summed E-state index contributed by atoms with van der Waals surface area (Å²) in [4.78, 5) is 13.5. The Kier molecular flexibility index (Phi) is 5.61. The SMILES string of the molecule is CCn1c(SCC(=O)N(C)CCC#N)nnc1-c1ccco1. The van der Waals surface area contributed by atoms with Gasteiger partial charge in [-0.15, -0.1) is 10.2 Å². The van der Waals surface area contributed by atoms with Crippen LogP contribution < -0.4 is 0 Å². The van der Waals surface area contributed by atoms with Crippen molar-refractivity contribution in [1.82, 2.24) is 19.7 Å². The number of aromatic nitrogens is 3. The van der Waals surface area contributed by atoms with Gasteiger partial charge in [0.05, 0.1) is 24.5 Å². The molecule has 0 bridgehead atoms. The number of furan rings is 1. The third-order valence-electron chi connectivity index (χ3n) is 3.08. The molecule has 0 spiro atoms. The van der Waals surface area contributed by atoms with E-state index in [9.17, 15) is 4.79 Å². The molecule has 8 heteroatoms. The zero-order valence-electron chi connectivity index (χ0n) is 12.5. The quantitative estimate of drug-likeness (QED) is 0.726. The lowest BCUT2D eigenvalue weighted by Gasteiger charge is -2.14. The van der Waals surface area contributed by atoms with Crippen molar-refractivity contribution in [2.24, 2.45) is 0 Å². The van der Waals surface area contributed by atoms with Crippen molar-refractivity contribution in [3.05, 3.63) is 18.4 Å². The molecule has 22 heavy (non-hydrogen) atoms. The molecule has 2 aromatic rings. The molecule has 0 N–H and O–H groups in total. The molecule has 0 saturated carbocycles. The van der Waals surface area contributed by atoms with Gasteiger partial charge in [0.25, 0.3) is 0 Å². The van der Waals surface area contributed by atoms with E-state index in [0.29, 0.717) is 36.3 Å². The van der Waals surface area contributed by atoms with E-state index in [1.54, 1.807) is 24.3 Å². The van der Waals surface area contributed by atoms with Crippen molar-refractivity contribution >= 4 is 17.7 Å². The van der Waals surface area contributed by atoms with Crippen LogP contribution in [0.4, 0.5) is 0 Å². The highest BCUT2D eigenvalue weighted by molar-refractivity contribution is 7.99. The van der Waals surface area contributed by atoms with Crippen LogP contribution in [0, 0.1) is 11.3 Å². The normalized spacial score (nSPS) is 10.4. The number of carbonyl (C=O) groups excluding carboxylic acids is 1. The summed E-state index contributed by atoms with van der Waals surface area (Å²) in [6.45, 7) is 3.11. The first-order chi connectivity index (χ1) is 10.7. The molecular formula is C14H17N5O2S. The molecule has 2 heterocycles. The summed E-state index contributed by atoms with van der Waals surface area (Å²) in [5.74, 6) is 1.53. The summed E-state index contributed by atoms with van der Waals surface area (Å²) < 4.78 is 7.25. The molecule has 2 aromatic heterocycles. The van der Waals surface area contributed by atoms with E-state index in [4.69, 9.17) is 9.68 Å². The first-order valence-electron chi connectivity index (χ1n) is 6.88. The first-order valence-corrected chi connectivity index (χ1v) is 7.86. The predicted molar refractivity (Wildman–Crippen MR) is 82.0 cm³/mol. The zero-order chi connectivity index (χ0) is 15.9. The van der Waals surface area contributed by atoms with Gasteiger partial charge in [0, 0.05) is 20.1 Å². The molecule has 0 fully saturated rings. The lowest BCUT2D eigenvalue weighted by atomic mass is 10.4. The highest BCUT2D eigenvalue weighted by Gasteiger charge is 2.17. The second-order valence-corrected chi connectivity index (χ2v) is 5.48. The number of rotatable bonds is 7. The van der Waals surface area contributed by atoms with Crippen LogP contribution in [0.1, 0.15) is 13.3 Å². The molecule has 7 nitrogen and oxygen atoms in total. The second-order valence-electron chi connectivity index (χ2n) is 4.54. The highest BCUT2D eigenvalue weighted by Crippen LogP contribution is 2.24. The van der Waals surface area contributed by atoms with Crippen LogP contribution in [-0.4, -0.2) is 44.9 Å². The Bertz CT molecular complexity index is 659. The van der Waals surface area contributed by atoms with Gasteiger partial charge in [0.2, 0.25) is 5.91 Å². The van der Waals surface area contributed by atoms with Gasteiger partial charge in [-0.25, -0.2) is 0 Å². The van der Waals surface area contributed by atoms with Crippen LogP contribution >= 0.6 is 11.8 Å². The molecule has 0 aliphatic heterocycles. The molecule has 2 rings (SSSR count). The minimum Gasteiger partial charge on any atom is -0.461 e. The van der Waals surface area contributed by atoms with Crippen LogP contribution in [0.2, 0.25) is 0 Å². The third-order valence-corrected chi connectivity index (χ3v) is 4.04. The van der Waals surface area contributed by atoms with Crippen LogP contribution in [-0.2, 0) is 11.3 Å². The minimum absolute atomic E-state index is 0.0366. The van der Waals surface area contributed by atoms with Crippen molar-refractivity contribution in [3.8, 4) is 17.7 Å². The van der Waals surface area contributed by atoms with Gasteiger partial charge in [0.15, 0.2) is 16.7 Å². The van der Waals surface area contributed by atoms with Crippen LogP contribution in [0.15, 0.2) is 28.0 Å². The largest absolute Gasteiger partial charge is 0.461 e. The first kappa shape index (κ1) is 16.1. The second kappa shape index (κ2) is 7.66. The number of hydrogen-bond donors (Lipinski definition) is 0. The van der Waals surface area contributed by atoms with Gasteiger partial charge in [-0.3, -0.25) is 9.36 Å². The van der Waals surface area contributed by atoms with Gasteiger partial charge in [-0.1, -0.05) is 11.8 Å². The summed E-state index contributed by atoms with van der Waals surface area (Å²) in [5.41, 5.74) is 0. The maximum Gasteiger partial charge on any atom is 0.232 e. The van der Waals surface area contributed by atoms with Crippen molar-refractivity contribution in [3.63, 3.8) is 0 Å². The molecule has 0 unspecified atom stereocenters. The van der Waals surface area contributed by atoms with E-state index in [1.165, 1.54) is 11.8 Å². The number of thioether (sulfide) groups is 1. The maximum atomic E-state index is 12.0.